The lowest BCUT2D eigenvalue weighted by Crippen LogP contribution is -2.50. The van der Waals surface area contributed by atoms with Crippen LogP contribution in [0.5, 0.6) is 0 Å². The molecule has 0 saturated carbocycles. The average Bonchev–Trinajstić information content (AvgIpc) is 2.63. The van der Waals surface area contributed by atoms with Gasteiger partial charge in [-0.3, -0.25) is 0 Å². The summed E-state index contributed by atoms with van der Waals surface area (Å²) in [6.07, 6.45) is -2.95. The number of rotatable bonds is 2. The van der Waals surface area contributed by atoms with E-state index in [1.165, 1.54) is 11.0 Å². The topological polar surface area (TPSA) is 48.5 Å². The number of carbonyl (C=O) groups excluding carboxylic acids is 1. The van der Waals surface area contributed by atoms with Crippen molar-refractivity contribution in [1.82, 2.24) is 9.88 Å². The van der Waals surface area contributed by atoms with Gasteiger partial charge in [0.2, 0.25) is 0 Å². The number of hydrogen-bond donors (Lipinski definition) is 1. The van der Waals surface area contributed by atoms with Crippen molar-refractivity contribution in [2.45, 2.75) is 6.18 Å². The molecule has 0 radical (unpaired) electrons. The third kappa shape index (κ3) is 4.56. The Bertz CT molecular complexity index is 839. The number of halogens is 5. The van der Waals surface area contributed by atoms with Crippen LogP contribution in [-0.2, 0) is 6.18 Å². The van der Waals surface area contributed by atoms with Gasteiger partial charge in [0.25, 0.3) is 0 Å². The smallest absolute Gasteiger partial charge is 0.352 e. The van der Waals surface area contributed by atoms with Crippen LogP contribution in [0.25, 0.3) is 0 Å². The van der Waals surface area contributed by atoms with E-state index >= 15 is 0 Å². The number of amides is 2. The van der Waals surface area contributed by atoms with Crippen LogP contribution in [-0.4, -0.2) is 42.1 Å². The summed E-state index contributed by atoms with van der Waals surface area (Å²) in [7, 11) is 0. The molecule has 10 heteroatoms. The number of nitrogens with zero attached hydrogens (tertiary/aromatic N) is 3. The molecule has 0 aliphatic carbocycles. The van der Waals surface area contributed by atoms with Crippen molar-refractivity contribution < 1.29 is 18.0 Å². The Hall–Kier alpha value is -2.19. The summed E-state index contributed by atoms with van der Waals surface area (Å²) in [5, 5.41) is 2.59. The Labute approximate surface area is 163 Å². The number of hydrogen-bond acceptors (Lipinski definition) is 3. The fourth-order valence-corrected chi connectivity index (χ4v) is 3.22. The van der Waals surface area contributed by atoms with Crippen LogP contribution in [0.3, 0.4) is 0 Å². The van der Waals surface area contributed by atoms with Crippen molar-refractivity contribution in [3.63, 3.8) is 0 Å². The van der Waals surface area contributed by atoms with Gasteiger partial charge >= 0.3 is 12.2 Å². The highest BCUT2D eigenvalue weighted by Gasteiger charge is 2.33. The minimum absolute atomic E-state index is 0.0342. The number of benzene rings is 1. The van der Waals surface area contributed by atoms with Gasteiger partial charge in [0.05, 0.1) is 15.6 Å². The number of alkyl halides is 3. The van der Waals surface area contributed by atoms with Crippen LogP contribution in [0.2, 0.25) is 10.0 Å². The highest BCUT2D eigenvalue weighted by Crippen LogP contribution is 2.36. The summed E-state index contributed by atoms with van der Waals surface area (Å²) >= 11 is 11.7. The fraction of sp³-hybridized carbons (Fsp3) is 0.294. The molecule has 0 spiro atoms. The molecule has 1 saturated heterocycles. The minimum atomic E-state index is -4.59. The van der Waals surface area contributed by atoms with Crippen LogP contribution in [0.15, 0.2) is 36.5 Å². The van der Waals surface area contributed by atoms with Gasteiger partial charge in [-0.25, -0.2) is 9.78 Å². The Morgan fingerprint density at radius 2 is 1.78 bits per heavy atom. The highest BCUT2D eigenvalue weighted by atomic mass is 35.5. The van der Waals surface area contributed by atoms with E-state index in [-0.39, 0.29) is 5.69 Å². The molecule has 1 aromatic heterocycles. The molecule has 1 aliphatic heterocycles. The third-order valence-electron chi connectivity index (χ3n) is 4.13. The third-order valence-corrected chi connectivity index (χ3v) is 4.75. The zero-order chi connectivity index (χ0) is 19.6. The summed E-state index contributed by atoms with van der Waals surface area (Å²) in [5.74, 6) is 0.645. The van der Waals surface area contributed by atoms with Gasteiger partial charge in [-0.15, -0.1) is 0 Å². The van der Waals surface area contributed by atoms with E-state index in [9.17, 15) is 18.0 Å². The second kappa shape index (κ2) is 7.82. The van der Waals surface area contributed by atoms with Crippen LogP contribution < -0.4 is 10.2 Å². The van der Waals surface area contributed by atoms with E-state index in [4.69, 9.17) is 23.2 Å². The molecule has 2 heterocycles. The molecule has 0 unspecified atom stereocenters. The lowest BCUT2D eigenvalue weighted by atomic mass is 10.2. The zero-order valence-electron chi connectivity index (χ0n) is 13.9. The maximum absolute atomic E-state index is 12.9. The lowest BCUT2D eigenvalue weighted by Gasteiger charge is -2.35. The molecule has 3 rings (SSSR count). The normalized spacial score (nSPS) is 15.0. The second-order valence-electron chi connectivity index (χ2n) is 5.91. The summed E-state index contributed by atoms with van der Waals surface area (Å²) in [4.78, 5) is 20.1. The quantitative estimate of drug-likeness (QED) is 0.764. The largest absolute Gasteiger partial charge is 0.417 e. The standard InChI is InChI=1S/C17H15Cl2F3N4O/c18-13-4-3-11(10-12(13)17(20,21)22)24-16(27)26-8-6-25(7-9-26)15-14(19)2-1-5-23-15/h1-5,10H,6-9H2,(H,24,27). The van der Waals surface area contributed by atoms with Gasteiger partial charge in [-0.2, -0.15) is 13.2 Å². The second-order valence-corrected chi connectivity index (χ2v) is 6.72. The SMILES string of the molecule is O=C(Nc1ccc(Cl)c(C(F)(F)F)c1)N1CCN(c2ncccc2Cl)CC1. The van der Waals surface area contributed by atoms with E-state index < -0.39 is 22.8 Å². The van der Waals surface area contributed by atoms with E-state index in [0.29, 0.717) is 37.0 Å². The summed E-state index contributed by atoms with van der Waals surface area (Å²) in [6, 6.07) is 6.26. The molecule has 2 amide bonds. The molecular formula is C17H15Cl2F3N4O. The Morgan fingerprint density at radius 1 is 1.07 bits per heavy atom. The molecule has 144 valence electrons. The van der Waals surface area contributed by atoms with Crippen LogP contribution >= 0.6 is 23.2 Å². The monoisotopic (exact) mass is 418 g/mol. The summed E-state index contributed by atoms with van der Waals surface area (Å²) < 4.78 is 38.8. The van der Waals surface area contributed by atoms with E-state index in [1.54, 1.807) is 18.3 Å². The molecule has 2 aromatic rings. The number of piperazine rings is 1. The van der Waals surface area contributed by atoms with Crippen LogP contribution in [0.4, 0.5) is 29.5 Å². The number of urea groups is 1. The van der Waals surface area contributed by atoms with Crippen molar-refractivity contribution >= 4 is 40.7 Å². The van der Waals surface area contributed by atoms with Crippen molar-refractivity contribution in [1.29, 1.82) is 0 Å². The van der Waals surface area contributed by atoms with E-state index in [0.717, 1.165) is 12.1 Å². The first-order chi connectivity index (χ1) is 12.8. The van der Waals surface area contributed by atoms with Gasteiger partial charge < -0.3 is 15.1 Å². The molecule has 1 aliphatic rings. The Balaban J connectivity index is 1.63. The average molecular weight is 419 g/mol. The van der Waals surface area contributed by atoms with Gasteiger partial charge in [0, 0.05) is 38.1 Å². The first-order valence-corrected chi connectivity index (χ1v) is 8.79. The van der Waals surface area contributed by atoms with Crippen molar-refractivity contribution in [3.05, 3.63) is 52.1 Å². The Kier molecular flexibility index (Phi) is 5.67. The summed E-state index contributed by atoms with van der Waals surface area (Å²) in [5.41, 5.74) is -0.955. The van der Waals surface area contributed by atoms with Gasteiger partial charge in [-0.05, 0) is 30.3 Å². The van der Waals surface area contributed by atoms with Crippen LogP contribution in [0.1, 0.15) is 5.56 Å². The number of nitrogens with one attached hydrogen (secondary N) is 1. The molecule has 1 fully saturated rings. The maximum Gasteiger partial charge on any atom is 0.417 e. The molecule has 0 bridgehead atoms. The van der Waals surface area contributed by atoms with Crippen molar-refractivity contribution in [2.75, 3.05) is 36.4 Å². The Morgan fingerprint density at radius 3 is 2.41 bits per heavy atom. The number of carbonyl (C=O) groups is 1. The zero-order valence-corrected chi connectivity index (χ0v) is 15.4. The first-order valence-electron chi connectivity index (χ1n) is 8.04. The molecule has 27 heavy (non-hydrogen) atoms. The predicted octanol–water partition coefficient (Wildman–Crippen LogP) is 4.76. The molecule has 1 N–H and O–H groups in total. The first kappa shape index (κ1) is 19.6. The predicted molar refractivity (Wildman–Crippen MR) is 98.5 cm³/mol. The van der Waals surface area contributed by atoms with Gasteiger partial charge in [-0.1, -0.05) is 23.2 Å². The van der Waals surface area contributed by atoms with E-state index in [1.807, 2.05) is 4.90 Å². The number of aromatic nitrogens is 1. The fourth-order valence-electron chi connectivity index (χ4n) is 2.75. The van der Waals surface area contributed by atoms with Crippen molar-refractivity contribution in [3.8, 4) is 0 Å². The molecule has 5 nitrogen and oxygen atoms in total. The minimum Gasteiger partial charge on any atom is -0.352 e. The van der Waals surface area contributed by atoms with Crippen molar-refractivity contribution in [2.24, 2.45) is 0 Å². The van der Waals surface area contributed by atoms with E-state index in [2.05, 4.69) is 10.3 Å². The molecule has 0 atom stereocenters. The number of pyridine rings is 1. The lowest BCUT2D eigenvalue weighted by molar-refractivity contribution is -0.137. The highest BCUT2D eigenvalue weighted by molar-refractivity contribution is 6.33. The summed E-state index contributed by atoms with van der Waals surface area (Å²) in [6.45, 7) is 1.80. The molecular weight excluding hydrogens is 404 g/mol. The maximum atomic E-state index is 12.9. The van der Waals surface area contributed by atoms with Gasteiger partial charge in [0.1, 0.15) is 5.82 Å². The van der Waals surface area contributed by atoms with Gasteiger partial charge in [0.15, 0.2) is 0 Å². The number of anilines is 2. The van der Waals surface area contributed by atoms with Crippen LogP contribution in [0, 0.1) is 0 Å². The molecule has 1 aromatic carbocycles.